The Labute approximate surface area is 230 Å². The Morgan fingerprint density at radius 1 is 0.361 bits per heavy atom. The van der Waals surface area contributed by atoms with Crippen LogP contribution in [0.15, 0.2) is 97.1 Å². The second-order valence-corrected chi connectivity index (χ2v) is 10.6. The Kier molecular flexibility index (Phi) is 6.30. The predicted octanol–water partition coefficient (Wildman–Crippen LogP) is 8.22. The number of anilines is 4. The number of hydrogen-bond donors (Lipinski definition) is 0. The number of halogens is 4. The molecule has 0 N–H and O–H groups in total. The van der Waals surface area contributed by atoms with E-state index in [1.807, 2.05) is 48.5 Å². The fourth-order valence-corrected chi connectivity index (χ4v) is 5.61. The zero-order chi connectivity index (χ0) is 24.8. The van der Waals surface area contributed by atoms with Gasteiger partial charge in [0.1, 0.15) is 12.3 Å². The van der Waals surface area contributed by atoms with E-state index in [-0.39, 0.29) is 12.3 Å². The van der Waals surface area contributed by atoms with E-state index in [0.717, 1.165) is 22.7 Å². The molecule has 0 aliphatic carbocycles. The summed E-state index contributed by atoms with van der Waals surface area (Å²) in [5.74, 6) is 0. The van der Waals surface area contributed by atoms with E-state index in [9.17, 15) is 0 Å². The molecule has 0 unspecified atom stereocenters. The van der Waals surface area contributed by atoms with Crippen molar-refractivity contribution in [2.45, 2.75) is 12.3 Å². The highest BCUT2D eigenvalue weighted by atomic mass is 35.5. The van der Waals surface area contributed by atoms with E-state index < -0.39 is 0 Å². The molecule has 0 saturated carbocycles. The third-order valence-electron chi connectivity index (χ3n) is 6.79. The molecule has 36 heavy (non-hydrogen) atoms. The maximum Gasteiger partial charge on any atom is 0.145 e. The highest BCUT2D eigenvalue weighted by Gasteiger charge is 2.52. The second-order valence-electron chi connectivity index (χ2n) is 8.89. The third kappa shape index (κ3) is 4.33. The summed E-state index contributed by atoms with van der Waals surface area (Å²) in [4.78, 5) is 9.67. The van der Waals surface area contributed by atoms with Crippen LogP contribution in [0.25, 0.3) is 0 Å². The average molecular weight is 556 g/mol. The van der Waals surface area contributed by atoms with Crippen LogP contribution >= 0.6 is 46.4 Å². The highest BCUT2D eigenvalue weighted by Crippen LogP contribution is 2.43. The molecule has 0 bridgehead atoms. The molecule has 182 valence electrons. The first-order valence-corrected chi connectivity index (χ1v) is 13.1. The van der Waals surface area contributed by atoms with Crippen LogP contribution in [0.4, 0.5) is 22.7 Å². The van der Waals surface area contributed by atoms with Gasteiger partial charge in [0.25, 0.3) is 0 Å². The standard InChI is InChI=1S/C28H22Cl4N4/c29-19-1-9-23(10-2-19)33-17-34(24-11-3-20(30)4-12-24)28-27(33)35(25-13-5-21(31)6-14-25)18-36(28)26-15-7-22(32)8-16-26/h1-16,27-28H,17-18H2. The first kappa shape index (κ1) is 23.6. The first-order valence-electron chi connectivity index (χ1n) is 11.6. The lowest BCUT2D eigenvalue weighted by Gasteiger charge is -2.33. The largest absolute Gasteiger partial charge is 0.330 e. The van der Waals surface area contributed by atoms with Crippen molar-refractivity contribution in [1.82, 2.24) is 0 Å². The molecule has 6 rings (SSSR count). The highest BCUT2D eigenvalue weighted by molar-refractivity contribution is 6.31. The predicted molar refractivity (Wildman–Crippen MR) is 153 cm³/mol. The number of benzene rings is 4. The molecule has 4 aromatic rings. The zero-order valence-electron chi connectivity index (χ0n) is 19.1. The maximum absolute atomic E-state index is 6.24. The molecule has 2 heterocycles. The third-order valence-corrected chi connectivity index (χ3v) is 7.79. The van der Waals surface area contributed by atoms with Crippen LogP contribution in [0.5, 0.6) is 0 Å². The van der Waals surface area contributed by atoms with Crippen molar-refractivity contribution in [2.75, 3.05) is 32.9 Å². The van der Waals surface area contributed by atoms with Gasteiger partial charge in [0.05, 0.1) is 13.3 Å². The molecule has 0 aromatic heterocycles. The van der Waals surface area contributed by atoms with Gasteiger partial charge in [0.2, 0.25) is 0 Å². The molecule has 4 aromatic carbocycles. The molecular weight excluding hydrogens is 534 g/mol. The van der Waals surface area contributed by atoms with Gasteiger partial charge in [-0.05, 0) is 97.1 Å². The molecule has 2 fully saturated rings. The molecule has 0 amide bonds. The van der Waals surface area contributed by atoms with E-state index in [1.54, 1.807) is 0 Å². The summed E-state index contributed by atoms with van der Waals surface area (Å²) in [6.07, 6.45) is 0.0254. The van der Waals surface area contributed by atoms with Crippen molar-refractivity contribution in [2.24, 2.45) is 0 Å². The van der Waals surface area contributed by atoms with Crippen LogP contribution in [0, 0.1) is 0 Å². The van der Waals surface area contributed by atoms with Crippen LogP contribution in [-0.4, -0.2) is 25.7 Å². The fourth-order valence-electron chi connectivity index (χ4n) is 5.11. The molecule has 0 spiro atoms. The Hall–Kier alpha value is -2.76. The summed E-state index contributed by atoms with van der Waals surface area (Å²) in [5, 5.41) is 2.86. The SMILES string of the molecule is Clc1ccc(N2CN(c3ccc(Cl)cc3)C3C2N(c2ccc(Cl)cc2)CN3c2ccc(Cl)cc2)cc1. The average Bonchev–Trinajstić information content (AvgIpc) is 3.45. The van der Waals surface area contributed by atoms with Crippen molar-refractivity contribution >= 4 is 69.2 Å². The number of nitrogens with zero attached hydrogens (tertiary/aromatic N) is 4. The van der Waals surface area contributed by atoms with Crippen LogP contribution in [0.2, 0.25) is 20.1 Å². The zero-order valence-corrected chi connectivity index (χ0v) is 22.1. The molecule has 2 aliphatic rings. The van der Waals surface area contributed by atoms with E-state index in [2.05, 4.69) is 68.1 Å². The van der Waals surface area contributed by atoms with Gasteiger partial charge < -0.3 is 19.6 Å². The summed E-state index contributed by atoms with van der Waals surface area (Å²) < 4.78 is 0. The van der Waals surface area contributed by atoms with Gasteiger partial charge in [-0.2, -0.15) is 0 Å². The van der Waals surface area contributed by atoms with Gasteiger partial charge in [-0.15, -0.1) is 0 Å². The summed E-state index contributed by atoms with van der Waals surface area (Å²) in [6, 6.07) is 32.2. The summed E-state index contributed by atoms with van der Waals surface area (Å²) in [6.45, 7) is 1.37. The summed E-state index contributed by atoms with van der Waals surface area (Å²) in [5.41, 5.74) is 4.40. The molecule has 0 atom stereocenters. The van der Waals surface area contributed by atoms with E-state index in [0.29, 0.717) is 33.4 Å². The van der Waals surface area contributed by atoms with Gasteiger partial charge in [0, 0.05) is 42.8 Å². The lowest BCUT2D eigenvalue weighted by molar-refractivity contribution is 0.640. The van der Waals surface area contributed by atoms with E-state index in [1.165, 1.54) is 0 Å². The van der Waals surface area contributed by atoms with Crippen LogP contribution in [-0.2, 0) is 0 Å². The van der Waals surface area contributed by atoms with Crippen LogP contribution in [0.3, 0.4) is 0 Å². The van der Waals surface area contributed by atoms with Crippen molar-refractivity contribution in [1.29, 1.82) is 0 Å². The number of hydrogen-bond acceptors (Lipinski definition) is 4. The van der Waals surface area contributed by atoms with Crippen molar-refractivity contribution < 1.29 is 0 Å². The van der Waals surface area contributed by atoms with Gasteiger partial charge >= 0.3 is 0 Å². The normalized spacial score (nSPS) is 19.2. The van der Waals surface area contributed by atoms with Gasteiger partial charge in [-0.3, -0.25) is 0 Å². The molecule has 2 saturated heterocycles. The van der Waals surface area contributed by atoms with Gasteiger partial charge in [-0.25, -0.2) is 0 Å². The van der Waals surface area contributed by atoms with Crippen LogP contribution in [0.1, 0.15) is 0 Å². The molecule has 0 radical (unpaired) electrons. The summed E-state index contributed by atoms with van der Waals surface area (Å²) >= 11 is 25.0. The van der Waals surface area contributed by atoms with Gasteiger partial charge in [0.15, 0.2) is 0 Å². The van der Waals surface area contributed by atoms with Crippen molar-refractivity contribution in [3.05, 3.63) is 117 Å². The molecule has 2 aliphatic heterocycles. The lowest BCUT2D eigenvalue weighted by Crippen LogP contribution is -2.46. The minimum atomic E-state index is 0.0127. The topological polar surface area (TPSA) is 13.0 Å². The number of fused-ring (bicyclic) bond motifs is 1. The van der Waals surface area contributed by atoms with E-state index in [4.69, 9.17) is 46.4 Å². The van der Waals surface area contributed by atoms with E-state index >= 15 is 0 Å². The minimum Gasteiger partial charge on any atom is -0.330 e. The van der Waals surface area contributed by atoms with Crippen LogP contribution < -0.4 is 19.6 Å². The van der Waals surface area contributed by atoms with Gasteiger partial charge in [-0.1, -0.05) is 46.4 Å². The number of rotatable bonds is 4. The molecular formula is C28H22Cl4N4. The van der Waals surface area contributed by atoms with Crippen molar-refractivity contribution in [3.8, 4) is 0 Å². The monoisotopic (exact) mass is 554 g/mol. The first-order chi connectivity index (χ1) is 17.5. The fraction of sp³-hybridized carbons (Fsp3) is 0.143. The van der Waals surface area contributed by atoms with Crippen molar-refractivity contribution in [3.63, 3.8) is 0 Å². The maximum atomic E-state index is 6.24. The Bertz CT molecular complexity index is 1130. The Morgan fingerprint density at radius 3 is 0.750 bits per heavy atom. The Balaban J connectivity index is 1.50. The Morgan fingerprint density at radius 2 is 0.556 bits per heavy atom. The molecule has 8 heteroatoms. The lowest BCUT2D eigenvalue weighted by atomic mass is 10.2. The minimum absolute atomic E-state index is 0.0127. The second kappa shape index (κ2) is 9.60. The summed E-state index contributed by atoms with van der Waals surface area (Å²) in [7, 11) is 0. The quantitative estimate of drug-likeness (QED) is 0.251. The molecule has 4 nitrogen and oxygen atoms in total. The smallest absolute Gasteiger partial charge is 0.145 e.